The van der Waals surface area contributed by atoms with Crippen LogP contribution in [0, 0.1) is 12.3 Å². The maximum atomic E-state index is 12.8. The Bertz CT molecular complexity index is 450. The zero-order valence-corrected chi connectivity index (χ0v) is 10.4. The summed E-state index contributed by atoms with van der Waals surface area (Å²) in [6.45, 7) is 0.582. The minimum atomic E-state index is -4.28. The molecule has 1 atom stereocenters. The first-order chi connectivity index (χ1) is 9.02. The van der Waals surface area contributed by atoms with E-state index in [0.29, 0.717) is 18.0 Å². The van der Waals surface area contributed by atoms with Crippen LogP contribution in [0.2, 0.25) is 0 Å². The van der Waals surface area contributed by atoms with Crippen molar-refractivity contribution in [3.05, 3.63) is 35.9 Å². The van der Waals surface area contributed by atoms with Gasteiger partial charge in [-0.2, -0.15) is 13.2 Å². The van der Waals surface area contributed by atoms with Crippen LogP contribution in [0.15, 0.2) is 30.3 Å². The van der Waals surface area contributed by atoms with E-state index in [1.165, 1.54) is 0 Å². The largest absolute Gasteiger partial charge is 0.460 e. The standard InChI is InChI=1S/C14H15F3N2/c1-2-8-18-9-10-19(14(15,16)17)11-13(18)12-6-4-3-5-7-12/h1,3-7,13H,8-11H2. The zero-order chi connectivity index (χ0) is 13.9. The summed E-state index contributed by atoms with van der Waals surface area (Å²) in [5.41, 5.74) is 0.867. The summed E-state index contributed by atoms with van der Waals surface area (Å²) in [5.74, 6) is 2.52. The molecule has 2 nitrogen and oxygen atoms in total. The number of hydrogen-bond donors (Lipinski definition) is 0. The van der Waals surface area contributed by atoms with Crippen molar-refractivity contribution in [2.45, 2.75) is 12.3 Å². The number of rotatable bonds is 2. The molecule has 2 rings (SSSR count). The smallest absolute Gasteiger partial charge is 0.283 e. The first-order valence-electron chi connectivity index (χ1n) is 6.06. The second-order valence-corrected chi connectivity index (χ2v) is 4.51. The topological polar surface area (TPSA) is 6.48 Å². The predicted octanol–water partition coefficient (Wildman–Crippen LogP) is 2.50. The second kappa shape index (κ2) is 5.64. The van der Waals surface area contributed by atoms with Gasteiger partial charge in [-0.05, 0) is 5.56 Å². The maximum Gasteiger partial charge on any atom is 0.460 e. The molecule has 1 aromatic rings. The van der Waals surface area contributed by atoms with Gasteiger partial charge < -0.3 is 0 Å². The van der Waals surface area contributed by atoms with Crippen molar-refractivity contribution in [1.29, 1.82) is 0 Å². The Morgan fingerprint density at radius 2 is 1.89 bits per heavy atom. The Morgan fingerprint density at radius 1 is 1.21 bits per heavy atom. The fraction of sp³-hybridized carbons (Fsp3) is 0.429. The van der Waals surface area contributed by atoms with Crippen LogP contribution in [-0.2, 0) is 0 Å². The van der Waals surface area contributed by atoms with Crippen molar-refractivity contribution in [2.75, 3.05) is 26.2 Å². The van der Waals surface area contributed by atoms with Gasteiger partial charge in [-0.3, -0.25) is 4.90 Å². The van der Waals surface area contributed by atoms with Gasteiger partial charge in [0.25, 0.3) is 0 Å². The Hall–Kier alpha value is -1.51. The lowest BCUT2D eigenvalue weighted by Gasteiger charge is -2.41. The molecule has 102 valence electrons. The van der Waals surface area contributed by atoms with E-state index in [0.717, 1.165) is 5.56 Å². The second-order valence-electron chi connectivity index (χ2n) is 4.51. The van der Waals surface area contributed by atoms with E-state index in [9.17, 15) is 13.2 Å². The monoisotopic (exact) mass is 268 g/mol. The minimum absolute atomic E-state index is 0.0332. The lowest BCUT2D eigenvalue weighted by Crippen LogP contribution is -2.53. The van der Waals surface area contributed by atoms with Crippen molar-refractivity contribution in [3.63, 3.8) is 0 Å². The number of alkyl halides is 3. The lowest BCUT2D eigenvalue weighted by molar-refractivity contribution is -0.257. The highest BCUT2D eigenvalue weighted by molar-refractivity contribution is 5.20. The number of terminal acetylenes is 1. The molecule has 19 heavy (non-hydrogen) atoms. The summed E-state index contributed by atoms with van der Waals surface area (Å²) in [5, 5.41) is 0. The number of piperazine rings is 1. The third kappa shape index (κ3) is 3.28. The molecule has 0 amide bonds. The van der Waals surface area contributed by atoms with E-state index < -0.39 is 6.30 Å². The van der Waals surface area contributed by atoms with Gasteiger partial charge in [0.1, 0.15) is 0 Å². The normalized spacial score (nSPS) is 22.1. The molecular weight excluding hydrogens is 253 g/mol. The molecule has 0 aliphatic carbocycles. The number of halogens is 3. The summed E-state index contributed by atoms with van der Waals surface area (Å²) in [6.07, 6.45) is 1.01. The van der Waals surface area contributed by atoms with E-state index in [1.807, 2.05) is 35.2 Å². The number of hydrogen-bond acceptors (Lipinski definition) is 2. The first kappa shape index (κ1) is 13.9. The van der Waals surface area contributed by atoms with Gasteiger partial charge in [0.05, 0.1) is 6.54 Å². The van der Waals surface area contributed by atoms with Gasteiger partial charge in [-0.25, -0.2) is 4.90 Å². The van der Waals surface area contributed by atoms with Crippen LogP contribution in [-0.4, -0.2) is 42.3 Å². The Labute approximate surface area is 110 Å². The molecule has 0 bridgehead atoms. The Morgan fingerprint density at radius 3 is 2.47 bits per heavy atom. The van der Waals surface area contributed by atoms with E-state index in [2.05, 4.69) is 5.92 Å². The van der Waals surface area contributed by atoms with Crippen LogP contribution in [0.3, 0.4) is 0 Å². The van der Waals surface area contributed by atoms with Crippen LogP contribution in [0.1, 0.15) is 11.6 Å². The van der Waals surface area contributed by atoms with Gasteiger partial charge in [0.2, 0.25) is 0 Å². The highest BCUT2D eigenvalue weighted by Crippen LogP contribution is 2.31. The Kier molecular flexibility index (Phi) is 4.13. The highest BCUT2D eigenvalue weighted by atomic mass is 19.4. The van der Waals surface area contributed by atoms with Crippen molar-refractivity contribution in [3.8, 4) is 12.3 Å². The van der Waals surface area contributed by atoms with Gasteiger partial charge in [0.15, 0.2) is 0 Å². The fourth-order valence-electron chi connectivity index (χ4n) is 2.35. The predicted molar refractivity (Wildman–Crippen MR) is 67.2 cm³/mol. The van der Waals surface area contributed by atoms with E-state index in [1.54, 1.807) is 0 Å². The third-order valence-corrected chi connectivity index (χ3v) is 3.33. The van der Waals surface area contributed by atoms with Crippen molar-refractivity contribution in [1.82, 2.24) is 9.80 Å². The van der Waals surface area contributed by atoms with Crippen LogP contribution < -0.4 is 0 Å². The highest BCUT2D eigenvalue weighted by Gasteiger charge is 2.42. The van der Waals surface area contributed by atoms with Crippen molar-refractivity contribution >= 4 is 0 Å². The molecule has 1 saturated heterocycles. The van der Waals surface area contributed by atoms with Crippen molar-refractivity contribution < 1.29 is 13.2 Å². The average molecular weight is 268 g/mol. The van der Waals surface area contributed by atoms with Gasteiger partial charge in [-0.1, -0.05) is 36.3 Å². The molecule has 5 heteroatoms. The fourth-order valence-corrected chi connectivity index (χ4v) is 2.35. The molecule has 1 unspecified atom stereocenters. The number of benzene rings is 1. The molecule has 0 radical (unpaired) electrons. The number of nitrogens with zero attached hydrogens (tertiary/aromatic N) is 2. The summed E-state index contributed by atoms with van der Waals surface area (Å²) in [6, 6.07) is 8.88. The van der Waals surface area contributed by atoms with Gasteiger partial charge in [0, 0.05) is 25.7 Å². The first-order valence-corrected chi connectivity index (χ1v) is 6.06. The molecule has 1 aliphatic rings. The van der Waals surface area contributed by atoms with Crippen LogP contribution in [0.25, 0.3) is 0 Å². The molecule has 1 fully saturated rings. The summed E-state index contributed by atoms with van der Waals surface area (Å²) in [7, 11) is 0. The molecule has 1 aliphatic heterocycles. The molecule has 1 aromatic carbocycles. The molecule has 0 spiro atoms. The zero-order valence-electron chi connectivity index (χ0n) is 10.4. The van der Waals surface area contributed by atoms with Gasteiger partial charge in [-0.15, -0.1) is 6.42 Å². The lowest BCUT2D eigenvalue weighted by atomic mass is 10.0. The van der Waals surface area contributed by atoms with Crippen molar-refractivity contribution in [2.24, 2.45) is 0 Å². The van der Waals surface area contributed by atoms with Crippen LogP contribution in [0.4, 0.5) is 13.2 Å². The third-order valence-electron chi connectivity index (χ3n) is 3.33. The Balaban J connectivity index is 2.21. The molecule has 1 heterocycles. The quantitative estimate of drug-likeness (QED) is 0.600. The SMILES string of the molecule is C#CCN1CCN(C(F)(F)F)CC1c1ccccc1. The summed E-state index contributed by atoms with van der Waals surface area (Å²) in [4.78, 5) is 2.47. The van der Waals surface area contributed by atoms with Gasteiger partial charge >= 0.3 is 6.30 Å². The summed E-state index contributed by atoms with van der Waals surface area (Å²) >= 11 is 0. The summed E-state index contributed by atoms with van der Waals surface area (Å²) < 4.78 is 38.4. The molecule has 0 aromatic heterocycles. The molecule has 0 N–H and O–H groups in total. The average Bonchev–Trinajstić information content (AvgIpc) is 2.39. The molecular formula is C14H15F3N2. The maximum absolute atomic E-state index is 12.8. The van der Waals surface area contributed by atoms with Crippen LogP contribution >= 0.6 is 0 Å². The van der Waals surface area contributed by atoms with E-state index in [-0.39, 0.29) is 19.1 Å². The minimum Gasteiger partial charge on any atom is -0.283 e. The molecule has 0 saturated carbocycles. The van der Waals surface area contributed by atoms with E-state index in [4.69, 9.17) is 6.42 Å². The van der Waals surface area contributed by atoms with E-state index >= 15 is 0 Å². The van der Waals surface area contributed by atoms with Crippen LogP contribution in [0.5, 0.6) is 0 Å².